The van der Waals surface area contributed by atoms with Crippen LogP contribution in [-0.2, 0) is 11.2 Å². The van der Waals surface area contributed by atoms with Gasteiger partial charge in [0.2, 0.25) is 0 Å². The van der Waals surface area contributed by atoms with Crippen LogP contribution in [0.1, 0.15) is 18.6 Å². The topological polar surface area (TPSA) is 65.3 Å². The summed E-state index contributed by atoms with van der Waals surface area (Å²) in [5, 5.41) is 6.61. The van der Waals surface area contributed by atoms with E-state index in [2.05, 4.69) is 20.5 Å². The molecule has 10 heteroatoms. The van der Waals surface area contributed by atoms with E-state index in [0.717, 1.165) is 45.0 Å². The Morgan fingerprint density at radius 1 is 1.20 bits per heavy atom. The average molecular weight is 432 g/mol. The fourth-order valence-electron chi connectivity index (χ4n) is 3.76. The number of guanidine groups is 1. The van der Waals surface area contributed by atoms with Gasteiger partial charge in [-0.15, -0.1) is 0 Å². The van der Waals surface area contributed by atoms with Gasteiger partial charge in [0.15, 0.2) is 5.96 Å². The van der Waals surface area contributed by atoms with E-state index in [1.165, 1.54) is 4.90 Å². The molecule has 1 aromatic rings. The van der Waals surface area contributed by atoms with E-state index >= 15 is 0 Å². The lowest BCUT2D eigenvalue weighted by Gasteiger charge is -2.26. The van der Waals surface area contributed by atoms with Crippen LogP contribution in [0.5, 0.6) is 0 Å². The monoisotopic (exact) mass is 431 g/mol. The molecule has 1 aromatic heterocycles. The number of likely N-dealkylation sites (tertiary alicyclic amines) is 1. The second-order valence-corrected chi connectivity index (χ2v) is 7.77. The maximum absolute atomic E-state index is 12.6. The van der Waals surface area contributed by atoms with Crippen LogP contribution in [0.15, 0.2) is 27.8 Å². The van der Waals surface area contributed by atoms with E-state index < -0.39 is 12.7 Å². The van der Waals surface area contributed by atoms with Gasteiger partial charge in [-0.05, 0) is 25.0 Å². The number of nitrogens with zero attached hydrogens (tertiary/aromatic N) is 3. The molecule has 2 fully saturated rings. The van der Waals surface area contributed by atoms with Gasteiger partial charge in [-0.1, -0.05) is 0 Å². The number of hydrogen-bond donors (Lipinski definition) is 2. The third kappa shape index (κ3) is 8.53. The van der Waals surface area contributed by atoms with Crippen LogP contribution in [0, 0.1) is 0 Å². The highest BCUT2D eigenvalue weighted by atomic mass is 19.4. The van der Waals surface area contributed by atoms with Crippen LogP contribution >= 0.6 is 0 Å². The lowest BCUT2D eigenvalue weighted by atomic mass is 10.2. The molecule has 0 radical (unpaired) electrons. The van der Waals surface area contributed by atoms with E-state index in [9.17, 15) is 13.2 Å². The van der Waals surface area contributed by atoms with Crippen LogP contribution in [0.25, 0.3) is 0 Å². The average Bonchev–Trinajstić information content (AvgIpc) is 3.37. The number of aliphatic imine (C=N–C) groups is 1. The highest BCUT2D eigenvalue weighted by molar-refractivity contribution is 5.80. The maximum Gasteiger partial charge on any atom is 0.401 e. The molecule has 2 saturated heterocycles. The van der Waals surface area contributed by atoms with Gasteiger partial charge in [0, 0.05) is 58.3 Å². The Bertz CT molecular complexity index is 633. The summed E-state index contributed by atoms with van der Waals surface area (Å²) in [7, 11) is 0. The van der Waals surface area contributed by atoms with Crippen LogP contribution < -0.4 is 10.6 Å². The van der Waals surface area contributed by atoms with E-state index in [1.807, 2.05) is 12.1 Å². The molecular formula is C20H32F3N5O2. The van der Waals surface area contributed by atoms with Crippen molar-refractivity contribution in [3.05, 3.63) is 24.2 Å². The molecule has 30 heavy (non-hydrogen) atoms. The smallest absolute Gasteiger partial charge is 0.401 e. The van der Waals surface area contributed by atoms with Crippen LogP contribution in [0.2, 0.25) is 0 Å². The first kappa shape index (κ1) is 22.9. The van der Waals surface area contributed by atoms with Crippen molar-refractivity contribution >= 4 is 5.96 Å². The Hall–Kier alpha value is -1.78. The van der Waals surface area contributed by atoms with Gasteiger partial charge in [0.05, 0.1) is 26.0 Å². The Kier molecular flexibility index (Phi) is 8.83. The molecule has 7 nitrogen and oxygen atoms in total. The zero-order chi connectivity index (χ0) is 21.2. The van der Waals surface area contributed by atoms with Crippen molar-refractivity contribution in [3.8, 4) is 0 Å². The third-order valence-corrected chi connectivity index (χ3v) is 5.27. The van der Waals surface area contributed by atoms with Gasteiger partial charge >= 0.3 is 6.18 Å². The van der Waals surface area contributed by atoms with Gasteiger partial charge in [-0.25, -0.2) is 0 Å². The van der Waals surface area contributed by atoms with Gasteiger partial charge < -0.3 is 19.8 Å². The predicted octanol–water partition coefficient (Wildman–Crippen LogP) is 1.72. The summed E-state index contributed by atoms with van der Waals surface area (Å²) in [4.78, 5) is 8.46. The summed E-state index contributed by atoms with van der Waals surface area (Å²) < 4.78 is 48.6. The van der Waals surface area contributed by atoms with E-state index in [1.54, 1.807) is 6.26 Å². The Morgan fingerprint density at radius 3 is 2.77 bits per heavy atom. The molecule has 2 aliphatic heterocycles. The largest absolute Gasteiger partial charge is 0.469 e. The van der Waals surface area contributed by atoms with Crippen molar-refractivity contribution in [2.45, 2.75) is 31.5 Å². The number of rotatable bonds is 9. The molecule has 1 unspecified atom stereocenters. The molecule has 2 aliphatic rings. The molecule has 2 N–H and O–H groups in total. The number of ether oxygens (including phenoxy) is 1. The number of morpholine rings is 1. The number of hydrogen-bond acceptors (Lipinski definition) is 5. The summed E-state index contributed by atoms with van der Waals surface area (Å²) in [6.45, 7) is 5.68. The molecule has 1 atom stereocenters. The molecule has 170 valence electrons. The number of nitrogens with one attached hydrogen (secondary N) is 2. The predicted molar refractivity (Wildman–Crippen MR) is 109 cm³/mol. The van der Waals surface area contributed by atoms with E-state index in [0.29, 0.717) is 45.0 Å². The van der Waals surface area contributed by atoms with Crippen molar-refractivity contribution in [2.24, 2.45) is 4.99 Å². The third-order valence-electron chi connectivity index (χ3n) is 5.27. The summed E-state index contributed by atoms with van der Waals surface area (Å²) >= 11 is 0. The summed E-state index contributed by atoms with van der Waals surface area (Å²) in [5.74, 6) is 1.54. The van der Waals surface area contributed by atoms with Crippen LogP contribution in [0.4, 0.5) is 13.2 Å². The number of halogens is 3. The summed E-state index contributed by atoms with van der Waals surface area (Å²) in [5.41, 5.74) is 0. The minimum absolute atomic E-state index is 0.0403. The van der Waals surface area contributed by atoms with Gasteiger partial charge in [-0.3, -0.25) is 14.8 Å². The zero-order valence-corrected chi connectivity index (χ0v) is 17.3. The highest BCUT2D eigenvalue weighted by Crippen LogP contribution is 2.19. The first-order valence-electron chi connectivity index (χ1n) is 10.6. The highest BCUT2D eigenvalue weighted by Gasteiger charge is 2.34. The minimum atomic E-state index is -4.16. The summed E-state index contributed by atoms with van der Waals surface area (Å²) in [6.07, 6.45) is -0.209. The van der Waals surface area contributed by atoms with Gasteiger partial charge in [0.25, 0.3) is 0 Å². The SMILES string of the molecule is FC(F)(F)CN1CCC(NC(=NCCCN2CCOCC2)NCCc2ccco2)C1. The van der Waals surface area contributed by atoms with Gasteiger partial charge in [0.1, 0.15) is 5.76 Å². The quantitative estimate of drug-likeness (QED) is 0.353. The maximum atomic E-state index is 12.6. The van der Waals surface area contributed by atoms with Crippen LogP contribution in [0.3, 0.4) is 0 Å². The second kappa shape index (κ2) is 11.6. The molecular weight excluding hydrogens is 399 g/mol. The lowest BCUT2D eigenvalue weighted by Crippen LogP contribution is -2.46. The fraction of sp³-hybridized carbons (Fsp3) is 0.750. The Morgan fingerprint density at radius 2 is 2.03 bits per heavy atom. The standard InChI is InChI=1S/C20H32F3N5O2/c21-20(22,23)16-28-9-5-17(15-28)26-19(25-7-4-18-3-1-12-30-18)24-6-2-8-27-10-13-29-14-11-27/h1,3,12,17H,2,4-11,13-16H2,(H2,24,25,26). The minimum Gasteiger partial charge on any atom is -0.469 e. The molecule has 3 heterocycles. The van der Waals surface area contributed by atoms with Crippen LogP contribution in [-0.4, -0.2) is 93.5 Å². The molecule has 0 amide bonds. The molecule has 0 spiro atoms. The van der Waals surface area contributed by atoms with E-state index in [-0.39, 0.29) is 6.04 Å². The normalized spacial score (nSPS) is 21.8. The number of alkyl halides is 3. The molecule has 0 aromatic carbocycles. The molecule has 0 bridgehead atoms. The Labute approximate surface area is 175 Å². The Balaban J connectivity index is 1.45. The molecule has 0 aliphatic carbocycles. The molecule has 0 saturated carbocycles. The number of furan rings is 1. The van der Waals surface area contributed by atoms with Crippen molar-refractivity contribution in [2.75, 3.05) is 65.6 Å². The van der Waals surface area contributed by atoms with Gasteiger partial charge in [-0.2, -0.15) is 13.2 Å². The molecule has 3 rings (SSSR count). The lowest BCUT2D eigenvalue weighted by molar-refractivity contribution is -0.143. The van der Waals surface area contributed by atoms with Crippen molar-refractivity contribution < 1.29 is 22.3 Å². The van der Waals surface area contributed by atoms with Crippen molar-refractivity contribution in [1.29, 1.82) is 0 Å². The summed E-state index contributed by atoms with van der Waals surface area (Å²) in [6, 6.07) is 3.73. The van der Waals surface area contributed by atoms with Crippen molar-refractivity contribution in [3.63, 3.8) is 0 Å². The first-order chi connectivity index (χ1) is 14.5. The first-order valence-corrected chi connectivity index (χ1v) is 10.6. The fourth-order valence-corrected chi connectivity index (χ4v) is 3.76. The second-order valence-electron chi connectivity index (χ2n) is 7.77. The zero-order valence-electron chi connectivity index (χ0n) is 17.3. The van der Waals surface area contributed by atoms with E-state index in [4.69, 9.17) is 9.15 Å². The van der Waals surface area contributed by atoms with Crippen molar-refractivity contribution in [1.82, 2.24) is 20.4 Å².